The molecule has 1 heterocycles. The summed E-state index contributed by atoms with van der Waals surface area (Å²) >= 11 is 0. The second kappa shape index (κ2) is 5.45. The first kappa shape index (κ1) is 13.0. The molecule has 19 heavy (non-hydrogen) atoms. The maximum atomic E-state index is 11.6. The Morgan fingerprint density at radius 3 is 2.68 bits per heavy atom. The third-order valence-electron chi connectivity index (χ3n) is 2.77. The highest BCUT2D eigenvalue weighted by atomic mass is 16.6. The molecule has 0 saturated heterocycles. The first-order valence-electron chi connectivity index (χ1n) is 5.64. The van der Waals surface area contributed by atoms with Gasteiger partial charge in [0.1, 0.15) is 0 Å². The zero-order valence-electron chi connectivity index (χ0n) is 10.0. The fraction of sp³-hybridized carbons (Fsp3) is 0.154. The number of hydrogen-bond acceptors (Lipinski definition) is 4. The van der Waals surface area contributed by atoms with E-state index in [0.29, 0.717) is 5.56 Å². The summed E-state index contributed by atoms with van der Waals surface area (Å²) in [6.45, 7) is -0.131. The van der Waals surface area contributed by atoms with Gasteiger partial charge < -0.3 is 9.67 Å². The summed E-state index contributed by atoms with van der Waals surface area (Å²) in [6, 6.07) is 9.33. The number of benzene rings is 1. The van der Waals surface area contributed by atoms with Crippen LogP contribution in [-0.4, -0.2) is 14.6 Å². The average Bonchev–Trinajstić information content (AvgIpc) is 2.41. The molecule has 98 valence electrons. The minimum atomic E-state index is -0.539. The van der Waals surface area contributed by atoms with Crippen LogP contribution >= 0.6 is 0 Å². The molecule has 6 nitrogen and oxygen atoms in total. The van der Waals surface area contributed by atoms with Crippen molar-refractivity contribution in [2.75, 3.05) is 0 Å². The highest BCUT2D eigenvalue weighted by Gasteiger charge is 2.13. The average molecular weight is 260 g/mol. The molecule has 0 fully saturated rings. The van der Waals surface area contributed by atoms with E-state index in [1.807, 2.05) is 0 Å². The predicted octanol–water partition coefficient (Wildman–Crippen LogP) is 1.30. The van der Waals surface area contributed by atoms with Crippen LogP contribution < -0.4 is 5.56 Å². The predicted molar refractivity (Wildman–Crippen MR) is 68.8 cm³/mol. The minimum Gasteiger partial charge on any atom is -0.391 e. The normalized spacial score (nSPS) is 10.4. The highest BCUT2D eigenvalue weighted by Crippen LogP contribution is 2.20. The Morgan fingerprint density at radius 2 is 2.05 bits per heavy atom. The molecule has 0 aliphatic heterocycles. The standard InChI is InChI=1S/C13H12N2O4/c16-9-11-5-4-10(7-12(11)15(18)19)8-14-6-2-1-3-13(14)17/h1-7,16H,8-9H2. The van der Waals surface area contributed by atoms with Gasteiger partial charge >= 0.3 is 0 Å². The molecule has 0 radical (unpaired) electrons. The minimum absolute atomic E-state index is 0.135. The maximum Gasteiger partial charge on any atom is 0.275 e. The number of hydrogen-bond donors (Lipinski definition) is 1. The molecular formula is C13H12N2O4. The van der Waals surface area contributed by atoms with Gasteiger partial charge in [0, 0.05) is 18.3 Å². The molecule has 0 aliphatic carbocycles. The number of nitro benzene ring substituents is 1. The maximum absolute atomic E-state index is 11.6. The lowest BCUT2D eigenvalue weighted by molar-refractivity contribution is -0.385. The van der Waals surface area contributed by atoms with Crippen molar-refractivity contribution in [2.24, 2.45) is 0 Å². The van der Waals surface area contributed by atoms with E-state index >= 15 is 0 Å². The van der Waals surface area contributed by atoms with Crippen molar-refractivity contribution in [2.45, 2.75) is 13.2 Å². The molecule has 0 atom stereocenters. The molecule has 1 aromatic carbocycles. The van der Waals surface area contributed by atoms with Crippen LogP contribution in [0.3, 0.4) is 0 Å². The largest absolute Gasteiger partial charge is 0.391 e. The number of nitrogens with zero attached hydrogens (tertiary/aromatic N) is 2. The molecule has 0 aliphatic rings. The van der Waals surface area contributed by atoms with Crippen LogP contribution in [0.2, 0.25) is 0 Å². The number of aliphatic hydroxyl groups excluding tert-OH is 1. The fourth-order valence-corrected chi connectivity index (χ4v) is 1.80. The summed E-state index contributed by atoms with van der Waals surface area (Å²) in [5.74, 6) is 0. The van der Waals surface area contributed by atoms with E-state index in [0.717, 1.165) is 0 Å². The lowest BCUT2D eigenvalue weighted by Gasteiger charge is -2.06. The third-order valence-corrected chi connectivity index (χ3v) is 2.77. The van der Waals surface area contributed by atoms with Gasteiger partial charge in [0.05, 0.1) is 23.6 Å². The number of rotatable bonds is 4. The Balaban J connectivity index is 2.37. The summed E-state index contributed by atoms with van der Waals surface area (Å²) in [5.41, 5.74) is 0.590. The van der Waals surface area contributed by atoms with E-state index in [1.165, 1.54) is 22.8 Å². The molecular weight excluding hydrogens is 248 g/mol. The van der Waals surface area contributed by atoms with Crippen molar-refractivity contribution in [1.82, 2.24) is 4.57 Å². The summed E-state index contributed by atoms with van der Waals surface area (Å²) in [6.07, 6.45) is 1.62. The number of aromatic nitrogens is 1. The summed E-state index contributed by atoms with van der Waals surface area (Å²) in [7, 11) is 0. The van der Waals surface area contributed by atoms with E-state index < -0.39 is 4.92 Å². The molecule has 0 amide bonds. The van der Waals surface area contributed by atoms with Gasteiger partial charge in [0.2, 0.25) is 0 Å². The molecule has 0 unspecified atom stereocenters. The van der Waals surface area contributed by atoms with Crippen molar-refractivity contribution in [3.8, 4) is 0 Å². The van der Waals surface area contributed by atoms with E-state index in [2.05, 4.69) is 0 Å². The first-order valence-corrected chi connectivity index (χ1v) is 5.64. The molecule has 1 aromatic heterocycles. The van der Waals surface area contributed by atoms with Crippen molar-refractivity contribution in [1.29, 1.82) is 0 Å². The van der Waals surface area contributed by atoms with Crippen molar-refractivity contribution >= 4 is 5.69 Å². The zero-order valence-corrected chi connectivity index (χ0v) is 10.0. The second-order valence-electron chi connectivity index (χ2n) is 4.05. The van der Waals surface area contributed by atoms with Gasteiger partial charge in [0.15, 0.2) is 0 Å². The SMILES string of the molecule is O=c1ccccn1Cc1ccc(CO)c([N+](=O)[O-])c1. The Hall–Kier alpha value is -2.47. The number of pyridine rings is 1. The van der Waals surface area contributed by atoms with Crippen LogP contribution in [0.4, 0.5) is 5.69 Å². The summed E-state index contributed by atoms with van der Waals surface area (Å²) < 4.78 is 1.46. The highest BCUT2D eigenvalue weighted by molar-refractivity contribution is 5.43. The van der Waals surface area contributed by atoms with Gasteiger partial charge in [-0.05, 0) is 17.7 Å². The van der Waals surface area contributed by atoms with Gasteiger partial charge in [-0.25, -0.2) is 0 Å². The Labute approximate surface area is 108 Å². The van der Waals surface area contributed by atoms with Crippen LogP contribution in [0.15, 0.2) is 47.4 Å². The molecule has 0 saturated carbocycles. The van der Waals surface area contributed by atoms with Crippen LogP contribution in [0.5, 0.6) is 0 Å². The molecule has 2 aromatic rings. The van der Waals surface area contributed by atoms with Crippen LogP contribution in [0, 0.1) is 10.1 Å². The van der Waals surface area contributed by atoms with E-state index in [9.17, 15) is 14.9 Å². The van der Waals surface area contributed by atoms with Crippen molar-refractivity contribution < 1.29 is 10.0 Å². The van der Waals surface area contributed by atoms with Crippen LogP contribution in [0.25, 0.3) is 0 Å². The van der Waals surface area contributed by atoms with Gasteiger partial charge in [0.25, 0.3) is 11.2 Å². The summed E-state index contributed by atoms with van der Waals surface area (Å²) in [5, 5.41) is 19.9. The molecule has 0 spiro atoms. The summed E-state index contributed by atoms with van der Waals surface area (Å²) in [4.78, 5) is 21.9. The first-order chi connectivity index (χ1) is 9.11. The van der Waals surface area contributed by atoms with Crippen molar-refractivity contribution in [3.05, 3.63) is 74.2 Å². The number of aliphatic hydroxyl groups is 1. The molecule has 1 N–H and O–H groups in total. The van der Waals surface area contributed by atoms with Gasteiger partial charge in [-0.3, -0.25) is 14.9 Å². The second-order valence-corrected chi connectivity index (χ2v) is 4.05. The van der Waals surface area contributed by atoms with Gasteiger partial charge in [-0.2, -0.15) is 0 Å². The smallest absolute Gasteiger partial charge is 0.275 e. The zero-order chi connectivity index (χ0) is 13.8. The van der Waals surface area contributed by atoms with Crippen molar-refractivity contribution in [3.63, 3.8) is 0 Å². The van der Waals surface area contributed by atoms with E-state index in [-0.39, 0.29) is 30.0 Å². The fourth-order valence-electron chi connectivity index (χ4n) is 1.80. The van der Waals surface area contributed by atoms with E-state index in [1.54, 1.807) is 24.4 Å². The molecule has 6 heteroatoms. The topological polar surface area (TPSA) is 85.4 Å². The third kappa shape index (κ3) is 2.86. The lowest BCUT2D eigenvalue weighted by atomic mass is 10.1. The van der Waals surface area contributed by atoms with Gasteiger partial charge in [-0.1, -0.05) is 12.1 Å². The molecule has 0 bridgehead atoms. The van der Waals surface area contributed by atoms with Crippen LogP contribution in [-0.2, 0) is 13.2 Å². The Bertz CT molecular complexity index is 664. The monoisotopic (exact) mass is 260 g/mol. The molecule has 2 rings (SSSR count). The lowest BCUT2D eigenvalue weighted by Crippen LogP contribution is -2.18. The van der Waals surface area contributed by atoms with Crippen LogP contribution in [0.1, 0.15) is 11.1 Å². The quantitative estimate of drug-likeness (QED) is 0.663. The van der Waals surface area contributed by atoms with Gasteiger partial charge in [-0.15, -0.1) is 0 Å². The Kier molecular flexibility index (Phi) is 3.72. The Morgan fingerprint density at radius 1 is 1.26 bits per heavy atom. The van der Waals surface area contributed by atoms with E-state index in [4.69, 9.17) is 5.11 Å². The number of nitro groups is 1.